The van der Waals surface area contributed by atoms with Crippen LogP contribution >= 0.6 is 0 Å². The van der Waals surface area contributed by atoms with Crippen molar-refractivity contribution in [2.75, 3.05) is 10.5 Å². The average Bonchev–Trinajstić information content (AvgIpc) is 2.82. The molecule has 3 N–H and O–H groups in total. The maximum absolute atomic E-state index is 11.6. The summed E-state index contributed by atoms with van der Waals surface area (Å²) in [6.07, 6.45) is 0. The van der Waals surface area contributed by atoms with Gasteiger partial charge < -0.3 is 14.6 Å². The summed E-state index contributed by atoms with van der Waals surface area (Å²) in [6.45, 7) is 1.45. The van der Waals surface area contributed by atoms with Crippen molar-refractivity contribution in [1.29, 1.82) is 0 Å². The van der Waals surface area contributed by atoms with E-state index in [-0.39, 0.29) is 11.5 Å². The van der Waals surface area contributed by atoms with Crippen LogP contribution in [0.25, 0.3) is 22.1 Å². The molecule has 1 heterocycles. The van der Waals surface area contributed by atoms with E-state index in [1.54, 1.807) is 12.1 Å². The summed E-state index contributed by atoms with van der Waals surface area (Å²) in [5.74, 6) is -1.71. The minimum Gasteiger partial charge on any atom is -0.502 e. The van der Waals surface area contributed by atoms with Crippen LogP contribution in [0.1, 0.15) is 6.92 Å². The third kappa shape index (κ3) is 2.83. The fourth-order valence-electron chi connectivity index (χ4n) is 2.22. The van der Waals surface area contributed by atoms with Crippen LogP contribution in [-0.4, -0.2) is 24.4 Å². The number of anilines is 1. The number of hydrogen-bond donors (Lipinski definition) is 3. The van der Waals surface area contributed by atoms with Gasteiger partial charge in [-0.1, -0.05) is 36.4 Å². The molecule has 3 aromatic rings. The number of rotatable bonds is 4. The standard InChI is InChI=1S/C16H15NO5S/c1-2-23(20,21)17-16-14(19)13(18)15(22-16)12-8-7-10-5-3-4-6-11(10)9-12/h3-9,17-19H,2H2,1H3. The summed E-state index contributed by atoms with van der Waals surface area (Å²) in [4.78, 5) is 0. The zero-order valence-corrected chi connectivity index (χ0v) is 13.1. The van der Waals surface area contributed by atoms with Gasteiger partial charge in [-0.15, -0.1) is 0 Å². The Balaban J connectivity index is 2.08. The maximum Gasteiger partial charge on any atom is 0.253 e. The van der Waals surface area contributed by atoms with Crippen molar-refractivity contribution in [3.05, 3.63) is 42.5 Å². The topological polar surface area (TPSA) is 99.8 Å². The molecule has 1 aromatic heterocycles. The molecule has 0 saturated carbocycles. The Kier molecular flexibility index (Phi) is 3.65. The lowest BCUT2D eigenvalue weighted by Crippen LogP contribution is -2.14. The molecular weight excluding hydrogens is 318 g/mol. The Labute approximate surface area is 133 Å². The van der Waals surface area contributed by atoms with Crippen LogP contribution in [0.2, 0.25) is 0 Å². The molecule has 2 aromatic carbocycles. The van der Waals surface area contributed by atoms with E-state index in [0.29, 0.717) is 5.56 Å². The molecule has 0 fully saturated rings. The lowest BCUT2D eigenvalue weighted by molar-refractivity contribution is 0.410. The van der Waals surface area contributed by atoms with E-state index in [1.165, 1.54) is 6.92 Å². The van der Waals surface area contributed by atoms with Crippen molar-refractivity contribution < 1.29 is 23.0 Å². The first-order chi connectivity index (χ1) is 10.9. The second kappa shape index (κ2) is 5.51. The monoisotopic (exact) mass is 333 g/mol. The van der Waals surface area contributed by atoms with Crippen LogP contribution in [-0.2, 0) is 10.0 Å². The summed E-state index contributed by atoms with van der Waals surface area (Å²) >= 11 is 0. The molecule has 0 saturated heterocycles. The van der Waals surface area contributed by atoms with Crippen LogP contribution in [0, 0.1) is 0 Å². The molecule has 0 radical (unpaired) electrons. The predicted octanol–water partition coefficient (Wildman–Crippen LogP) is 3.27. The first-order valence-corrected chi connectivity index (χ1v) is 8.61. The van der Waals surface area contributed by atoms with Crippen LogP contribution < -0.4 is 4.72 Å². The first kappa shape index (κ1) is 15.2. The molecule has 23 heavy (non-hydrogen) atoms. The summed E-state index contributed by atoms with van der Waals surface area (Å²) in [6, 6.07) is 13.0. The SMILES string of the molecule is CCS(=O)(=O)Nc1oc(-c2ccc3ccccc3c2)c(O)c1O. The van der Waals surface area contributed by atoms with Crippen molar-refractivity contribution >= 4 is 26.7 Å². The van der Waals surface area contributed by atoms with Crippen molar-refractivity contribution in [3.8, 4) is 22.8 Å². The maximum atomic E-state index is 11.6. The third-order valence-corrected chi connectivity index (χ3v) is 4.75. The Hall–Kier alpha value is -2.67. The highest BCUT2D eigenvalue weighted by atomic mass is 32.2. The lowest BCUT2D eigenvalue weighted by atomic mass is 10.1. The molecular formula is C16H15NO5S. The van der Waals surface area contributed by atoms with Crippen molar-refractivity contribution in [1.82, 2.24) is 0 Å². The Morgan fingerprint density at radius 1 is 1.04 bits per heavy atom. The van der Waals surface area contributed by atoms with Crippen LogP contribution in [0.3, 0.4) is 0 Å². The van der Waals surface area contributed by atoms with Gasteiger partial charge in [0, 0.05) is 5.56 Å². The van der Waals surface area contributed by atoms with E-state index in [1.807, 2.05) is 30.3 Å². The van der Waals surface area contributed by atoms with E-state index in [9.17, 15) is 18.6 Å². The molecule has 0 amide bonds. The molecule has 0 atom stereocenters. The number of hydrogen-bond acceptors (Lipinski definition) is 5. The third-order valence-electron chi connectivity index (χ3n) is 3.50. The number of nitrogens with one attached hydrogen (secondary N) is 1. The van der Waals surface area contributed by atoms with Gasteiger partial charge in [-0.05, 0) is 23.8 Å². The minimum absolute atomic E-state index is 0.00190. The molecule has 0 spiro atoms. The summed E-state index contributed by atoms with van der Waals surface area (Å²) in [7, 11) is -3.63. The average molecular weight is 333 g/mol. The van der Waals surface area contributed by atoms with Crippen LogP contribution in [0.5, 0.6) is 11.5 Å². The van der Waals surface area contributed by atoms with Crippen LogP contribution in [0.15, 0.2) is 46.9 Å². The molecule has 0 aliphatic carbocycles. The summed E-state index contributed by atoms with van der Waals surface area (Å²) in [5, 5.41) is 21.9. The normalized spacial score (nSPS) is 11.7. The van der Waals surface area contributed by atoms with E-state index >= 15 is 0 Å². The largest absolute Gasteiger partial charge is 0.502 e. The quantitative estimate of drug-likeness (QED) is 0.680. The fraction of sp³-hybridized carbons (Fsp3) is 0.125. The van der Waals surface area contributed by atoms with Crippen molar-refractivity contribution in [2.45, 2.75) is 6.92 Å². The summed E-state index contributed by atoms with van der Waals surface area (Å²) < 4.78 is 30.6. The van der Waals surface area contributed by atoms with E-state index in [2.05, 4.69) is 4.72 Å². The molecule has 7 heteroatoms. The Morgan fingerprint density at radius 3 is 2.43 bits per heavy atom. The predicted molar refractivity (Wildman–Crippen MR) is 88.1 cm³/mol. The van der Waals surface area contributed by atoms with E-state index in [4.69, 9.17) is 4.42 Å². The van der Waals surface area contributed by atoms with Gasteiger partial charge in [0.25, 0.3) is 5.88 Å². The van der Waals surface area contributed by atoms with Gasteiger partial charge in [0.2, 0.25) is 21.5 Å². The smallest absolute Gasteiger partial charge is 0.253 e. The zero-order valence-electron chi connectivity index (χ0n) is 12.3. The Morgan fingerprint density at radius 2 is 1.74 bits per heavy atom. The van der Waals surface area contributed by atoms with Crippen LogP contribution in [0.4, 0.5) is 5.88 Å². The van der Waals surface area contributed by atoms with Gasteiger partial charge in [-0.3, -0.25) is 0 Å². The number of fused-ring (bicyclic) bond motifs is 1. The molecule has 0 unspecified atom stereocenters. The number of aromatic hydroxyl groups is 2. The second-order valence-corrected chi connectivity index (χ2v) is 7.04. The van der Waals surface area contributed by atoms with Crippen molar-refractivity contribution in [3.63, 3.8) is 0 Å². The Bertz CT molecular complexity index is 975. The summed E-state index contributed by atoms with van der Waals surface area (Å²) in [5.41, 5.74) is 0.526. The van der Waals surface area contributed by atoms with Gasteiger partial charge >= 0.3 is 0 Å². The number of benzene rings is 2. The molecule has 0 aliphatic rings. The minimum atomic E-state index is -3.63. The van der Waals surface area contributed by atoms with Crippen molar-refractivity contribution in [2.24, 2.45) is 0 Å². The lowest BCUT2D eigenvalue weighted by Gasteiger charge is -2.02. The van der Waals surface area contributed by atoms with E-state index in [0.717, 1.165) is 10.8 Å². The fourth-order valence-corrected chi connectivity index (χ4v) is 2.79. The van der Waals surface area contributed by atoms with E-state index < -0.39 is 27.4 Å². The first-order valence-electron chi connectivity index (χ1n) is 6.95. The highest BCUT2D eigenvalue weighted by Crippen LogP contribution is 2.45. The van der Waals surface area contributed by atoms with Gasteiger partial charge in [0.05, 0.1) is 5.75 Å². The number of sulfonamides is 1. The molecule has 0 bridgehead atoms. The number of furan rings is 1. The molecule has 3 rings (SSSR count). The van der Waals surface area contributed by atoms with Gasteiger partial charge in [-0.2, -0.15) is 0 Å². The van der Waals surface area contributed by atoms with Gasteiger partial charge in [0.15, 0.2) is 5.76 Å². The second-order valence-electron chi connectivity index (χ2n) is 5.02. The molecule has 120 valence electrons. The highest BCUT2D eigenvalue weighted by Gasteiger charge is 2.23. The molecule has 0 aliphatic heterocycles. The molecule has 6 nitrogen and oxygen atoms in total. The van der Waals surface area contributed by atoms with Gasteiger partial charge in [0.1, 0.15) is 0 Å². The zero-order chi connectivity index (χ0) is 16.6. The van der Waals surface area contributed by atoms with Gasteiger partial charge in [-0.25, -0.2) is 13.1 Å². The highest BCUT2D eigenvalue weighted by molar-refractivity contribution is 7.92.